The fraction of sp³-hybridized carbons (Fsp3) is 0.158. The van der Waals surface area contributed by atoms with Crippen LogP contribution in [0.2, 0.25) is 0 Å². The van der Waals surface area contributed by atoms with Gasteiger partial charge < -0.3 is 4.57 Å². The van der Waals surface area contributed by atoms with Gasteiger partial charge in [-0.25, -0.2) is 0 Å². The van der Waals surface area contributed by atoms with Crippen LogP contribution in [0.4, 0.5) is 13.2 Å². The van der Waals surface area contributed by atoms with E-state index in [2.05, 4.69) is 11.1 Å². The van der Waals surface area contributed by atoms with Gasteiger partial charge >= 0.3 is 6.18 Å². The zero-order chi connectivity index (χ0) is 16.4. The van der Waals surface area contributed by atoms with Crippen LogP contribution in [0.1, 0.15) is 16.7 Å². The van der Waals surface area contributed by atoms with Crippen molar-refractivity contribution in [2.24, 2.45) is 0 Å². The lowest BCUT2D eigenvalue weighted by atomic mass is 10.0. The van der Waals surface area contributed by atoms with Crippen molar-refractivity contribution in [3.63, 3.8) is 0 Å². The number of rotatable bonds is 4. The van der Waals surface area contributed by atoms with Gasteiger partial charge in [0.25, 0.3) is 0 Å². The molecule has 0 saturated heterocycles. The zero-order valence-electron chi connectivity index (χ0n) is 12.9. The number of hydrogen-bond acceptors (Lipinski definition) is 0. The number of para-hydroxylation sites is 1. The van der Waals surface area contributed by atoms with Gasteiger partial charge in [-0.1, -0.05) is 36.4 Å². The van der Waals surface area contributed by atoms with Gasteiger partial charge in [0, 0.05) is 23.6 Å². The molecule has 0 N–H and O–H groups in total. The van der Waals surface area contributed by atoms with Crippen molar-refractivity contribution in [1.82, 2.24) is 4.57 Å². The van der Waals surface area contributed by atoms with E-state index in [0.717, 1.165) is 34.2 Å². The first-order chi connectivity index (χ1) is 11.0. The molecule has 0 spiro atoms. The molecule has 0 atom stereocenters. The highest BCUT2D eigenvalue weighted by Gasteiger charge is 2.29. The number of hydrogen-bond donors (Lipinski definition) is 0. The average molecular weight is 352 g/mol. The van der Waals surface area contributed by atoms with Gasteiger partial charge in [0.2, 0.25) is 0 Å². The van der Waals surface area contributed by atoms with Crippen LogP contribution < -0.4 is 0 Å². The molecule has 24 heavy (non-hydrogen) atoms. The number of aromatic nitrogens is 1. The van der Waals surface area contributed by atoms with Crippen molar-refractivity contribution in [1.29, 1.82) is 0 Å². The summed E-state index contributed by atoms with van der Waals surface area (Å²) in [5, 5.41) is 1.12. The molecule has 0 saturated carbocycles. The first-order valence-corrected chi connectivity index (χ1v) is 7.33. The van der Waals surface area contributed by atoms with Crippen LogP contribution >= 0.6 is 12.4 Å². The molecule has 3 aromatic rings. The van der Waals surface area contributed by atoms with Gasteiger partial charge in [-0.05, 0) is 35.7 Å². The van der Waals surface area contributed by atoms with Crippen LogP contribution in [0.15, 0.2) is 67.4 Å². The van der Waals surface area contributed by atoms with E-state index in [4.69, 9.17) is 0 Å². The zero-order valence-corrected chi connectivity index (χ0v) is 13.7. The van der Waals surface area contributed by atoms with E-state index in [1.807, 2.05) is 36.5 Å². The summed E-state index contributed by atoms with van der Waals surface area (Å²) in [5.74, 6) is 0. The Bertz CT molecular complexity index is 832. The van der Waals surface area contributed by atoms with E-state index in [9.17, 15) is 13.2 Å². The first-order valence-electron chi connectivity index (χ1n) is 7.33. The van der Waals surface area contributed by atoms with Crippen molar-refractivity contribution in [3.8, 4) is 0 Å². The lowest BCUT2D eigenvalue weighted by Crippen LogP contribution is -2.04. The fourth-order valence-corrected chi connectivity index (χ4v) is 2.79. The molecule has 0 unspecified atom stereocenters. The molecule has 126 valence electrons. The summed E-state index contributed by atoms with van der Waals surface area (Å²) in [4.78, 5) is 0. The van der Waals surface area contributed by atoms with Gasteiger partial charge in [0.1, 0.15) is 0 Å². The summed E-state index contributed by atoms with van der Waals surface area (Å²) in [6.07, 6.45) is 0.180. The highest BCUT2D eigenvalue weighted by atomic mass is 35.5. The van der Waals surface area contributed by atoms with Crippen LogP contribution in [0.5, 0.6) is 0 Å². The summed E-state index contributed by atoms with van der Waals surface area (Å²) in [6.45, 7) is 4.46. The Hall–Kier alpha value is -2.20. The molecule has 1 aromatic heterocycles. The van der Waals surface area contributed by atoms with Gasteiger partial charge in [0.05, 0.1) is 5.56 Å². The molecular weight excluding hydrogens is 335 g/mol. The van der Waals surface area contributed by atoms with Gasteiger partial charge in [-0.3, -0.25) is 0 Å². The molecule has 0 aliphatic heterocycles. The molecule has 0 aliphatic rings. The van der Waals surface area contributed by atoms with Crippen molar-refractivity contribution >= 4 is 23.3 Å². The number of nitrogens with zero attached hydrogens (tertiary/aromatic N) is 1. The highest BCUT2D eigenvalue weighted by Crippen LogP contribution is 2.30. The van der Waals surface area contributed by atoms with Crippen molar-refractivity contribution in [2.45, 2.75) is 19.1 Å². The molecule has 0 fully saturated rings. The first kappa shape index (κ1) is 18.1. The highest BCUT2D eigenvalue weighted by molar-refractivity contribution is 5.85. The summed E-state index contributed by atoms with van der Waals surface area (Å²) in [7, 11) is 0. The maximum Gasteiger partial charge on any atom is 0.416 e. The number of allylic oxidation sites excluding steroid dienone is 1. The second kappa shape index (κ2) is 7.14. The van der Waals surface area contributed by atoms with Gasteiger partial charge in [-0.15, -0.1) is 19.0 Å². The van der Waals surface area contributed by atoms with Crippen LogP contribution in [0.3, 0.4) is 0 Å². The normalized spacial score (nSPS) is 11.3. The minimum atomic E-state index is -4.29. The SMILES string of the molecule is C=CCn1cc(Cc2ccc(C(F)(F)F)cc2)c2ccccc21.Cl. The molecule has 1 nitrogen and oxygen atoms in total. The number of benzene rings is 2. The monoisotopic (exact) mass is 351 g/mol. The van der Waals surface area contributed by atoms with E-state index in [-0.39, 0.29) is 12.4 Å². The summed E-state index contributed by atoms with van der Waals surface area (Å²) < 4.78 is 40.0. The third kappa shape index (κ3) is 3.65. The van der Waals surface area contributed by atoms with Crippen LogP contribution in [0.25, 0.3) is 10.9 Å². The van der Waals surface area contributed by atoms with E-state index >= 15 is 0 Å². The third-order valence-corrected chi connectivity index (χ3v) is 3.87. The lowest BCUT2D eigenvalue weighted by Gasteiger charge is -2.07. The Morgan fingerprint density at radius 2 is 1.67 bits per heavy atom. The summed E-state index contributed by atoms with van der Waals surface area (Å²) in [5.41, 5.74) is 2.45. The largest absolute Gasteiger partial charge is 0.416 e. The fourth-order valence-electron chi connectivity index (χ4n) is 2.79. The Morgan fingerprint density at radius 1 is 1.00 bits per heavy atom. The Labute approximate surface area is 144 Å². The average Bonchev–Trinajstić information content (AvgIpc) is 2.86. The summed E-state index contributed by atoms with van der Waals surface area (Å²) >= 11 is 0. The molecule has 5 heteroatoms. The molecule has 3 rings (SSSR count). The predicted octanol–water partition coefficient (Wildman–Crippen LogP) is 5.86. The molecule has 0 radical (unpaired) electrons. The second-order valence-electron chi connectivity index (χ2n) is 5.48. The Kier molecular flexibility index (Phi) is 5.40. The maximum atomic E-state index is 12.6. The smallest absolute Gasteiger partial charge is 0.343 e. The van der Waals surface area contributed by atoms with E-state index in [1.165, 1.54) is 0 Å². The quantitative estimate of drug-likeness (QED) is 0.519. The maximum absolute atomic E-state index is 12.6. The Balaban J connectivity index is 0.00000208. The van der Waals surface area contributed by atoms with E-state index in [0.29, 0.717) is 13.0 Å². The minimum Gasteiger partial charge on any atom is -0.343 e. The second-order valence-corrected chi connectivity index (χ2v) is 5.48. The van der Waals surface area contributed by atoms with Crippen molar-refractivity contribution in [2.75, 3.05) is 0 Å². The Morgan fingerprint density at radius 3 is 2.29 bits per heavy atom. The molecule has 2 aromatic carbocycles. The molecule has 0 aliphatic carbocycles. The molecule has 0 amide bonds. The lowest BCUT2D eigenvalue weighted by molar-refractivity contribution is -0.137. The van der Waals surface area contributed by atoms with Gasteiger partial charge in [-0.2, -0.15) is 13.2 Å². The van der Waals surface area contributed by atoms with Crippen molar-refractivity contribution in [3.05, 3.63) is 84.1 Å². The van der Waals surface area contributed by atoms with Crippen LogP contribution in [-0.4, -0.2) is 4.57 Å². The van der Waals surface area contributed by atoms with E-state index < -0.39 is 11.7 Å². The molecular formula is C19H17ClF3N. The van der Waals surface area contributed by atoms with Crippen molar-refractivity contribution < 1.29 is 13.2 Å². The number of halogens is 4. The van der Waals surface area contributed by atoms with Crippen LogP contribution in [-0.2, 0) is 19.1 Å². The van der Waals surface area contributed by atoms with E-state index in [1.54, 1.807) is 12.1 Å². The molecule has 1 heterocycles. The topological polar surface area (TPSA) is 4.93 Å². The predicted molar refractivity (Wildman–Crippen MR) is 93.6 cm³/mol. The van der Waals surface area contributed by atoms with Crippen LogP contribution in [0, 0.1) is 0 Å². The van der Waals surface area contributed by atoms with Gasteiger partial charge in [0.15, 0.2) is 0 Å². The summed E-state index contributed by atoms with van der Waals surface area (Å²) in [6, 6.07) is 13.4. The number of alkyl halides is 3. The number of fused-ring (bicyclic) bond motifs is 1. The standard InChI is InChI=1S/C19H16F3N.ClH/c1-2-11-23-13-15(17-5-3-4-6-18(17)23)12-14-7-9-16(10-8-14)19(20,21)22;/h2-10,13H,1,11-12H2;1H. The molecule has 0 bridgehead atoms. The third-order valence-electron chi connectivity index (χ3n) is 3.87. The minimum absolute atomic E-state index is 0.